The van der Waals surface area contributed by atoms with E-state index in [0.29, 0.717) is 12.3 Å². The third-order valence-electron chi connectivity index (χ3n) is 3.08. The Hall–Kier alpha value is -1.20. The van der Waals surface area contributed by atoms with Crippen molar-refractivity contribution < 1.29 is 13.6 Å². The minimum Gasteiger partial charge on any atom is -0.326 e. The number of amides is 1. The standard InChI is InChI=1S/C13H16F2N2O.ClH/c14-10-6-11(15)8-12(7-10)17-13(18)5-9-1-3-16-4-2-9;/h6-9,16H,1-5H2,(H,17,18);1H. The predicted octanol–water partition coefficient (Wildman–Crippen LogP) is 2.71. The van der Waals surface area contributed by atoms with Crippen LogP contribution < -0.4 is 10.6 Å². The molecule has 6 heteroatoms. The number of carbonyl (C=O) groups excluding carboxylic acids is 1. The summed E-state index contributed by atoms with van der Waals surface area (Å²) in [7, 11) is 0. The number of hydrogen-bond acceptors (Lipinski definition) is 2. The number of anilines is 1. The zero-order valence-corrected chi connectivity index (χ0v) is 11.2. The van der Waals surface area contributed by atoms with Gasteiger partial charge in [-0.3, -0.25) is 4.79 Å². The normalized spacial score (nSPS) is 15.7. The Bertz CT molecular complexity index is 416. The Morgan fingerprint density at radius 3 is 2.37 bits per heavy atom. The number of hydrogen-bond donors (Lipinski definition) is 2. The van der Waals surface area contributed by atoms with Crippen LogP contribution in [0.3, 0.4) is 0 Å². The molecule has 3 nitrogen and oxygen atoms in total. The molecule has 1 amide bonds. The second kappa shape index (κ2) is 7.40. The molecular weight excluding hydrogens is 274 g/mol. The van der Waals surface area contributed by atoms with Gasteiger partial charge in [-0.15, -0.1) is 12.4 Å². The molecule has 1 fully saturated rings. The van der Waals surface area contributed by atoms with Crippen molar-refractivity contribution in [3.05, 3.63) is 29.8 Å². The minimum atomic E-state index is -0.688. The number of nitrogens with one attached hydrogen (secondary N) is 2. The third-order valence-corrected chi connectivity index (χ3v) is 3.08. The SMILES string of the molecule is Cl.O=C(CC1CCNCC1)Nc1cc(F)cc(F)c1. The van der Waals surface area contributed by atoms with Gasteiger partial charge in [-0.05, 0) is 44.0 Å². The molecular formula is C13H17ClF2N2O. The van der Waals surface area contributed by atoms with E-state index in [4.69, 9.17) is 0 Å². The quantitative estimate of drug-likeness (QED) is 0.899. The largest absolute Gasteiger partial charge is 0.326 e. The average molecular weight is 291 g/mol. The summed E-state index contributed by atoms with van der Waals surface area (Å²) in [5, 5.41) is 5.75. The Morgan fingerprint density at radius 1 is 1.21 bits per heavy atom. The van der Waals surface area contributed by atoms with Gasteiger partial charge in [0.1, 0.15) is 11.6 Å². The zero-order chi connectivity index (χ0) is 13.0. The number of rotatable bonds is 3. The minimum absolute atomic E-state index is 0. The van der Waals surface area contributed by atoms with Gasteiger partial charge < -0.3 is 10.6 Å². The fourth-order valence-corrected chi connectivity index (χ4v) is 2.19. The van der Waals surface area contributed by atoms with Crippen molar-refractivity contribution in [2.24, 2.45) is 5.92 Å². The van der Waals surface area contributed by atoms with Crippen molar-refractivity contribution in [2.75, 3.05) is 18.4 Å². The summed E-state index contributed by atoms with van der Waals surface area (Å²) >= 11 is 0. The molecule has 19 heavy (non-hydrogen) atoms. The second-order valence-corrected chi connectivity index (χ2v) is 4.60. The Morgan fingerprint density at radius 2 is 1.79 bits per heavy atom. The van der Waals surface area contributed by atoms with Crippen molar-refractivity contribution >= 4 is 24.0 Å². The maximum atomic E-state index is 12.9. The van der Waals surface area contributed by atoms with Gasteiger partial charge in [-0.25, -0.2) is 8.78 Å². The van der Waals surface area contributed by atoms with E-state index in [9.17, 15) is 13.6 Å². The molecule has 0 spiro atoms. The highest BCUT2D eigenvalue weighted by atomic mass is 35.5. The lowest BCUT2D eigenvalue weighted by molar-refractivity contribution is -0.117. The molecule has 0 bridgehead atoms. The third kappa shape index (κ3) is 5.12. The van der Waals surface area contributed by atoms with Crippen molar-refractivity contribution in [3.63, 3.8) is 0 Å². The molecule has 1 aromatic rings. The van der Waals surface area contributed by atoms with Crippen molar-refractivity contribution in [1.82, 2.24) is 5.32 Å². The van der Waals surface area contributed by atoms with Gasteiger partial charge in [0.15, 0.2) is 0 Å². The summed E-state index contributed by atoms with van der Waals surface area (Å²) in [6, 6.07) is 3.01. The lowest BCUT2D eigenvalue weighted by atomic mass is 9.94. The molecule has 1 aliphatic rings. The molecule has 1 aromatic carbocycles. The van der Waals surface area contributed by atoms with Crippen LogP contribution in [0.4, 0.5) is 14.5 Å². The van der Waals surface area contributed by atoms with E-state index in [1.165, 1.54) is 0 Å². The van der Waals surface area contributed by atoms with E-state index in [-0.39, 0.29) is 24.0 Å². The topological polar surface area (TPSA) is 41.1 Å². The maximum absolute atomic E-state index is 12.9. The van der Waals surface area contributed by atoms with Crippen LogP contribution in [0.5, 0.6) is 0 Å². The van der Waals surface area contributed by atoms with Gasteiger partial charge in [0.05, 0.1) is 0 Å². The zero-order valence-electron chi connectivity index (χ0n) is 10.4. The molecule has 0 unspecified atom stereocenters. The monoisotopic (exact) mass is 290 g/mol. The van der Waals surface area contributed by atoms with E-state index in [1.54, 1.807) is 0 Å². The molecule has 2 N–H and O–H groups in total. The maximum Gasteiger partial charge on any atom is 0.224 e. The average Bonchev–Trinajstić information content (AvgIpc) is 2.28. The summed E-state index contributed by atoms with van der Waals surface area (Å²) in [6.07, 6.45) is 2.33. The molecule has 1 saturated heterocycles. The second-order valence-electron chi connectivity index (χ2n) is 4.60. The summed E-state index contributed by atoms with van der Waals surface area (Å²) in [5.74, 6) is -1.21. The Balaban J connectivity index is 0.00000180. The summed E-state index contributed by atoms with van der Waals surface area (Å²) < 4.78 is 25.9. The van der Waals surface area contributed by atoms with Crippen molar-refractivity contribution in [1.29, 1.82) is 0 Å². The van der Waals surface area contributed by atoms with Gasteiger partial charge in [-0.1, -0.05) is 0 Å². The van der Waals surface area contributed by atoms with Gasteiger partial charge in [0.2, 0.25) is 5.91 Å². The molecule has 0 saturated carbocycles. The molecule has 0 radical (unpaired) electrons. The first-order chi connectivity index (χ1) is 8.63. The fraction of sp³-hybridized carbons (Fsp3) is 0.462. The molecule has 106 valence electrons. The fourth-order valence-electron chi connectivity index (χ4n) is 2.19. The summed E-state index contributed by atoms with van der Waals surface area (Å²) in [6.45, 7) is 1.85. The van der Waals surface area contributed by atoms with Crippen molar-refractivity contribution in [2.45, 2.75) is 19.3 Å². The summed E-state index contributed by atoms with van der Waals surface area (Å²) in [4.78, 5) is 11.7. The van der Waals surface area contributed by atoms with Gasteiger partial charge in [-0.2, -0.15) is 0 Å². The highest BCUT2D eigenvalue weighted by Gasteiger charge is 2.17. The van der Waals surface area contributed by atoms with Crippen LogP contribution in [0, 0.1) is 17.6 Å². The Labute approximate surface area is 117 Å². The molecule has 0 atom stereocenters. The molecule has 2 rings (SSSR count). The van der Waals surface area contributed by atoms with E-state index in [1.807, 2.05) is 0 Å². The van der Waals surface area contributed by atoms with Gasteiger partial charge >= 0.3 is 0 Å². The van der Waals surface area contributed by atoms with Gasteiger partial charge in [0, 0.05) is 18.2 Å². The van der Waals surface area contributed by atoms with Gasteiger partial charge in [0.25, 0.3) is 0 Å². The number of piperidine rings is 1. The van der Waals surface area contributed by atoms with Crippen LogP contribution in [0.25, 0.3) is 0 Å². The van der Waals surface area contributed by atoms with E-state index >= 15 is 0 Å². The van der Waals surface area contributed by atoms with Crippen LogP contribution in [-0.2, 0) is 4.79 Å². The molecule has 1 aliphatic heterocycles. The highest BCUT2D eigenvalue weighted by Crippen LogP contribution is 2.18. The van der Waals surface area contributed by atoms with E-state index in [2.05, 4.69) is 10.6 Å². The van der Waals surface area contributed by atoms with E-state index < -0.39 is 11.6 Å². The number of halogens is 3. The van der Waals surface area contributed by atoms with Crippen LogP contribution in [0.2, 0.25) is 0 Å². The smallest absolute Gasteiger partial charge is 0.224 e. The Kier molecular flexibility index (Phi) is 6.18. The van der Waals surface area contributed by atoms with E-state index in [0.717, 1.165) is 44.1 Å². The lowest BCUT2D eigenvalue weighted by Crippen LogP contribution is -2.30. The molecule has 1 heterocycles. The number of benzene rings is 1. The predicted molar refractivity (Wildman–Crippen MR) is 72.4 cm³/mol. The first-order valence-corrected chi connectivity index (χ1v) is 6.10. The van der Waals surface area contributed by atoms with Crippen LogP contribution >= 0.6 is 12.4 Å². The van der Waals surface area contributed by atoms with Crippen LogP contribution in [0.1, 0.15) is 19.3 Å². The van der Waals surface area contributed by atoms with Crippen LogP contribution in [0.15, 0.2) is 18.2 Å². The highest BCUT2D eigenvalue weighted by molar-refractivity contribution is 5.90. The molecule has 0 aliphatic carbocycles. The number of carbonyl (C=O) groups is 1. The first kappa shape index (κ1) is 15.9. The lowest BCUT2D eigenvalue weighted by Gasteiger charge is -2.21. The molecule has 0 aromatic heterocycles. The summed E-state index contributed by atoms with van der Waals surface area (Å²) in [5.41, 5.74) is 0.173. The van der Waals surface area contributed by atoms with Crippen molar-refractivity contribution in [3.8, 4) is 0 Å². The van der Waals surface area contributed by atoms with Crippen LogP contribution in [-0.4, -0.2) is 19.0 Å². The first-order valence-electron chi connectivity index (χ1n) is 6.10.